The van der Waals surface area contributed by atoms with Gasteiger partial charge in [-0.2, -0.15) is 0 Å². The van der Waals surface area contributed by atoms with Crippen molar-refractivity contribution in [3.8, 4) is 0 Å². The van der Waals surface area contributed by atoms with E-state index in [-0.39, 0.29) is 35.9 Å². The summed E-state index contributed by atoms with van der Waals surface area (Å²) in [5.74, 6) is 0.589. The lowest BCUT2D eigenvalue weighted by Crippen LogP contribution is -2.51. The Morgan fingerprint density at radius 2 is 1.84 bits per heavy atom. The highest BCUT2D eigenvalue weighted by Crippen LogP contribution is 2.50. The van der Waals surface area contributed by atoms with Crippen LogP contribution in [0.5, 0.6) is 0 Å². The second-order valence-corrected chi connectivity index (χ2v) is 11.3. The number of hydrogen-bond donors (Lipinski definition) is 2. The van der Waals surface area contributed by atoms with Gasteiger partial charge in [0.15, 0.2) is 0 Å². The first-order valence-electron chi connectivity index (χ1n) is 13.7. The molecule has 2 fully saturated rings. The largest absolute Gasteiger partial charge is 0.381 e. The molecule has 0 spiro atoms. The van der Waals surface area contributed by atoms with Gasteiger partial charge in [0.05, 0.1) is 12.0 Å². The standard InChI is InChI=1S/C31H34ClN3O2/c32-22-15-16-27-25(19-22)29-24(28(33-27)20-9-3-1-4-10-20)17-18-35(29)31(37)23-13-7-8-14-26(23)34-30(36)21-11-5-2-6-12-21/h1-6,9,11-12,15-16,19-20,23-24,26,28-29,33H,7-8,10,13-14,17-18H2,(H,34,36)/t20?,23-,24+,26+,28-,29+/m0/s1. The molecule has 2 heterocycles. The molecular formula is C31H34ClN3O2. The number of carbonyl (C=O) groups is 2. The summed E-state index contributed by atoms with van der Waals surface area (Å²) in [5, 5.41) is 7.73. The Kier molecular flexibility index (Phi) is 6.81. The maximum atomic E-state index is 14.3. The Hall–Kier alpha value is -3.05. The van der Waals surface area contributed by atoms with Gasteiger partial charge in [0.2, 0.25) is 5.91 Å². The molecule has 2 aliphatic heterocycles. The minimum absolute atomic E-state index is 0.000780. The number of benzene rings is 2. The lowest BCUT2D eigenvalue weighted by Gasteiger charge is -2.44. The Labute approximate surface area is 224 Å². The summed E-state index contributed by atoms with van der Waals surface area (Å²) in [6, 6.07) is 15.4. The molecular weight excluding hydrogens is 482 g/mol. The third-order valence-corrected chi connectivity index (χ3v) is 8.99. The van der Waals surface area contributed by atoms with Gasteiger partial charge in [-0.25, -0.2) is 0 Å². The van der Waals surface area contributed by atoms with Crippen LogP contribution in [0.2, 0.25) is 5.02 Å². The van der Waals surface area contributed by atoms with E-state index in [0.29, 0.717) is 22.4 Å². The van der Waals surface area contributed by atoms with Gasteiger partial charge in [-0.1, -0.05) is 66.9 Å². The predicted octanol–water partition coefficient (Wildman–Crippen LogP) is 6.14. The molecule has 0 aromatic heterocycles. The van der Waals surface area contributed by atoms with Gasteiger partial charge in [0.25, 0.3) is 5.91 Å². The number of anilines is 1. The van der Waals surface area contributed by atoms with Gasteiger partial charge in [-0.05, 0) is 61.6 Å². The van der Waals surface area contributed by atoms with Crippen LogP contribution in [0.25, 0.3) is 0 Å². The Bertz CT molecular complexity index is 1230. The molecule has 6 heteroatoms. The highest BCUT2D eigenvalue weighted by atomic mass is 35.5. The molecule has 5 nitrogen and oxygen atoms in total. The van der Waals surface area contributed by atoms with Crippen LogP contribution in [0.4, 0.5) is 5.69 Å². The van der Waals surface area contributed by atoms with Gasteiger partial charge in [0.1, 0.15) is 0 Å². The number of allylic oxidation sites excluding steroid dienone is 3. The van der Waals surface area contributed by atoms with Gasteiger partial charge >= 0.3 is 0 Å². The number of nitrogens with zero attached hydrogens (tertiary/aromatic N) is 1. The van der Waals surface area contributed by atoms with Crippen LogP contribution in [0.1, 0.15) is 60.5 Å². The predicted molar refractivity (Wildman–Crippen MR) is 147 cm³/mol. The van der Waals surface area contributed by atoms with Gasteiger partial charge in [-0.15, -0.1) is 0 Å². The Morgan fingerprint density at radius 1 is 1.00 bits per heavy atom. The summed E-state index contributed by atoms with van der Waals surface area (Å²) < 4.78 is 0. The number of likely N-dealkylation sites (tertiary alicyclic amines) is 1. The zero-order chi connectivity index (χ0) is 25.4. The molecule has 0 radical (unpaired) electrons. The molecule has 1 saturated carbocycles. The third-order valence-electron chi connectivity index (χ3n) is 8.75. The van der Waals surface area contributed by atoms with E-state index in [2.05, 4.69) is 45.9 Å². The molecule has 6 rings (SSSR count). The van der Waals surface area contributed by atoms with Gasteiger partial charge in [-0.3, -0.25) is 9.59 Å². The van der Waals surface area contributed by atoms with Crippen molar-refractivity contribution in [3.05, 3.63) is 89.0 Å². The third kappa shape index (κ3) is 4.70. The number of nitrogens with one attached hydrogen (secondary N) is 2. The van der Waals surface area contributed by atoms with Crippen LogP contribution in [-0.4, -0.2) is 35.3 Å². The van der Waals surface area contributed by atoms with E-state index in [1.807, 2.05) is 42.5 Å². The second-order valence-electron chi connectivity index (χ2n) is 10.9. The van der Waals surface area contributed by atoms with Gasteiger partial charge < -0.3 is 15.5 Å². The van der Waals surface area contributed by atoms with Crippen LogP contribution < -0.4 is 10.6 Å². The first-order valence-corrected chi connectivity index (χ1v) is 14.0. The van der Waals surface area contributed by atoms with Crippen LogP contribution >= 0.6 is 11.6 Å². The maximum absolute atomic E-state index is 14.3. The minimum Gasteiger partial charge on any atom is -0.381 e. The molecule has 2 aromatic carbocycles. The molecule has 192 valence electrons. The molecule has 2 aromatic rings. The molecule has 1 unspecified atom stereocenters. The second kappa shape index (κ2) is 10.4. The van der Waals surface area contributed by atoms with E-state index < -0.39 is 0 Å². The first kappa shape index (κ1) is 24.3. The number of carbonyl (C=O) groups excluding carboxylic acids is 2. The van der Waals surface area contributed by atoms with E-state index in [1.165, 1.54) is 0 Å². The number of rotatable bonds is 4. The molecule has 1 saturated heterocycles. The summed E-state index contributed by atoms with van der Waals surface area (Å²) >= 11 is 6.47. The van der Waals surface area contributed by atoms with E-state index in [0.717, 1.165) is 56.3 Å². The highest BCUT2D eigenvalue weighted by Gasteiger charge is 2.49. The fourth-order valence-electron chi connectivity index (χ4n) is 6.98. The molecule has 2 amide bonds. The van der Waals surface area contributed by atoms with Crippen molar-refractivity contribution >= 4 is 29.1 Å². The van der Waals surface area contributed by atoms with Crippen molar-refractivity contribution in [2.24, 2.45) is 17.8 Å². The summed E-state index contributed by atoms with van der Waals surface area (Å²) in [5.41, 5.74) is 2.84. The van der Waals surface area contributed by atoms with E-state index in [1.54, 1.807) is 0 Å². The molecule has 2 aliphatic carbocycles. The van der Waals surface area contributed by atoms with Crippen LogP contribution in [-0.2, 0) is 4.79 Å². The average Bonchev–Trinajstić information content (AvgIpc) is 3.39. The molecule has 6 atom stereocenters. The smallest absolute Gasteiger partial charge is 0.251 e. The zero-order valence-corrected chi connectivity index (χ0v) is 21.7. The minimum atomic E-state index is -0.200. The Balaban J connectivity index is 1.28. The average molecular weight is 516 g/mol. The van der Waals surface area contributed by atoms with E-state index in [9.17, 15) is 9.59 Å². The van der Waals surface area contributed by atoms with Crippen LogP contribution in [0.3, 0.4) is 0 Å². The van der Waals surface area contributed by atoms with E-state index >= 15 is 0 Å². The van der Waals surface area contributed by atoms with Crippen molar-refractivity contribution in [2.75, 3.05) is 11.9 Å². The number of fused-ring (bicyclic) bond motifs is 3. The van der Waals surface area contributed by atoms with Crippen molar-refractivity contribution < 1.29 is 9.59 Å². The van der Waals surface area contributed by atoms with Crippen molar-refractivity contribution in [3.63, 3.8) is 0 Å². The van der Waals surface area contributed by atoms with Crippen molar-refractivity contribution in [1.82, 2.24) is 10.2 Å². The van der Waals surface area contributed by atoms with Crippen molar-refractivity contribution in [2.45, 2.75) is 56.7 Å². The summed E-state index contributed by atoms with van der Waals surface area (Å²) in [6.07, 6.45) is 14.4. The van der Waals surface area contributed by atoms with E-state index in [4.69, 9.17) is 11.6 Å². The summed E-state index contributed by atoms with van der Waals surface area (Å²) in [7, 11) is 0. The topological polar surface area (TPSA) is 61.4 Å². The highest BCUT2D eigenvalue weighted by molar-refractivity contribution is 6.30. The fourth-order valence-corrected chi connectivity index (χ4v) is 7.16. The fraction of sp³-hybridized carbons (Fsp3) is 0.419. The quantitative estimate of drug-likeness (QED) is 0.513. The lowest BCUT2D eigenvalue weighted by molar-refractivity contribution is -0.139. The Morgan fingerprint density at radius 3 is 2.65 bits per heavy atom. The maximum Gasteiger partial charge on any atom is 0.251 e. The zero-order valence-electron chi connectivity index (χ0n) is 21.0. The number of hydrogen-bond acceptors (Lipinski definition) is 3. The van der Waals surface area contributed by atoms with Crippen LogP contribution in [0.15, 0.2) is 72.8 Å². The molecule has 2 N–H and O–H groups in total. The van der Waals surface area contributed by atoms with Gasteiger partial charge in [0, 0.05) is 46.7 Å². The molecule has 37 heavy (non-hydrogen) atoms. The van der Waals surface area contributed by atoms with Crippen molar-refractivity contribution in [1.29, 1.82) is 0 Å². The first-order chi connectivity index (χ1) is 18.1. The monoisotopic (exact) mass is 515 g/mol. The normalized spacial score (nSPS) is 30.2. The molecule has 0 bridgehead atoms. The lowest BCUT2D eigenvalue weighted by atomic mass is 9.75. The SMILES string of the molecule is O=C(N[C@@H]1CCCC[C@@H]1C(=O)N1CC[C@@H]2[C@H](C3C=CC=CC3)Nc3ccc(Cl)cc3[C@@H]21)c1ccccc1. The number of halogens is 1. The molecule has 4 aliphatic rings. The summed E-state index contributed by atoms with van der Waals surface area (Å²) in [4.78, 5) is 29.4. The number of amides is 2. The summed E-state index contributed by atoms with van der Waals surface area (Å²) in [6.45, 7) is 0.737. The van der Waals surface area contributed by atoms with Crippen LogP contribution in [0, 0.1) is 17.8 Å².